The lowest BCUT2D eigenvalue weighted by Crippen LogP contribution is -2.02. The lowest BCUT2D eigenvalue weighted by atomic mass is 10.1. The molecule has 15 heavy (non-hydrogen) atoms. The number of ketones is 1. The second-order valence-corrected chi connectivity index (χ2v) is 3.58. The van der Waals surface area contributed by atoms with Crippen molar-refractivity contribution in [1.29, 1.82) is 0 Å². The molecule has 0 atom stereocenters. The molecule has 0 radical (unpaired) electrons. The van der Waals surface area contributed by atoms with Crippen LogP contribution in [-0.4, -0.2) is 5.78 Å². The molecule has 0 aliphatic heterocycles. The van der Waals surface area contributed by atoms with Crippen molar-refractivity contribution < 1.29 is 9.21 Å². The molecule has 2 aromatic rings. The number of benzene rings is 1. The van der Waals surface area contributed by atoms with E-state index in [1.807, 2.05) is 18.2 Å². The van der Waals surface area contributed by atoms with Gasteiger partial charge in [-0.15, -0.1) is 0 Å². The molecule has 0 aliphatic carbocycles. The minimum Gasteiger partial charge on any atom is -0.461 e. The molecule has 0 saturated heterocycles. The van der Waals surface area contributed by atoms with Gasteiger partial charge in [0.15, 0.2) is 5.76 Å². The summed E-state index contributed by atoms with van der Waals surface area (Å²) >= 11 is 5.95. The van der Waals surface area contributed by atoms with Gasteiger partial charge in [0.25, 0.3) is 0 Å². The van der Waals surface area contributed by atoms with E-state index in [0.29, 0.717) is 10.8 Å². The highest BCUT2D eigenvalue weighted by atomic mass is 35.5. The zero-order valence-electron chi connectivity index (χ0n) is 7.94. The Morgan fingerprint density at radius 2 is 2.00 bits per heavy atom. The van der Waals surface area contributed by atoms with E-state index in [0.717, 1.165) is 5.56 Å². The van der Waals surface area contributed by atoms with E-state index in [9.17, 15) is 4.79 Å². The first-order chi connectivity index (χ1) is 7.27. The lowest BCUT2D eigenvalue weighted by molar-refractivity contribution is 0.0966. The van der Waals surface area contributed by atoms with Crippen LogP contribution in [0.15, 0.2) is 47.1 Å². The third kappa shape index (κ3) is 2.28. The van der Waals surface area contributed by atoms with Crippen LogP contribution in [0.4, 0.5) is 0 Å². The molecule has 0 aliphatic rings. The molecular weight excluding hydrogens is 212 g/mol. The molecule has 0 N–H and O–H groups in total. The summed E-state index contributed by atoms with van der Waals surface area (Å²) in [7, 11) is 0. The van der Waals surface area contributed by atoms with Crippen LogP contribution < -0.4 is 0 Å². The number of carbonyl (C=O) groups is 1. The van der Waals surface area contributed by atoms with Crippen molar-refractivity contribution in [3.63, 3.8) is 0 Å². The SMILES string of the molecule is O=C(Cc1ccccc1Cl)c1ccco1. The number of rotatable bonds is 3. The van der Waals surface area contributed by atoms with Crippen LogP contribution in [0.3, 0.4) is 0 Å². The van der Waals surface area contributed by atoms with Gasteiger partial charge >= 0.3 is 0 Å². The van der Waals surface area contributed by atoms with Crippen LogP contribution in [0.1, 0.15) is 16.1 Å². The Hall–Kier alpha value is -1.54. The predicted octanol–water partition coefficient (Wildman–Crippen LogP) is 3.36. The fraction of sp³-hybridized carbons (Fsp3) is 0.0833. The van der Waals surface area contributed by atoms with Crippen molar-refractivity contribution in [3.8, 4) is 0 Å². The third-order valence-corrected chi connectivity index (χ3v) is 2.47. The normalized spacial score (nSPS) is 10.2. The monoisotopic (exact) mass is 220 g/mol. The first-order valence-electron chi connectivity index (χ1n) is 4.57. The largest absolute Gasteiger partial charge is 0.461 e. The minimum atomic E-state index is -0.0619. The minimum absolute atomic E-state index is 0.0619. The summed E-state index contributed by atoms with van der Waals surface area (Å²) in [6, 6.07) is 10.6. The molecule has 2 nitrogen and oxygen atoms in total. The topological polar surface area (TPSA) is 30.2 Å². The molecule has 2 rings (SSSR count). The summed E-state index contributed by atoms with van der Waals surface area (Å²) in [6.07, 6.45) is 1.76. The van der Waals surface area contributed by atoms with Crippen LogP contribution in [0.25, 0.3) is 0 Å². The first kappa shape index (κ1) is 9.99. The summed E-state index contributed by atoms with van der Waals surface area (Å²) in [4.78, 5) is 11.7. The number of Topliss-reactive ketones (excluding diaryl/α,β-unsaturated/α-hetero) is 1. The van der Waals surface area contributed by atoms with Crippen LogP contribution in [0.5, 0.6) is 0 Å². The van der Waals surface area contributed by atoms with Gasteiger partial charge in [-0.2, -0.15) is 0 Å². The molecule has 0 unspecified atom stereocenters. The maximum Gasteiger partial charge on any atom is 0.202 e. The second kappa shape index (κ2) is 4.32. The van der Waals surface area contributed by atoms with Crippen molar-refractivity contribution >= 4 is 17.4 Å². The van der Waals surface area contributed by atoms with Crippen LogP contribution in [0.2, 0.25) is 5.02 Å². The molecule has 76 valence electrons. The molecule has 3 heteroatoms. The molecule has 1 aromatic heterocycles. The Morgan fingerprint density at radius 1 is 1.20 bits per heavy atom. The molecule has 0 saturated carbocycles. The summed E-state index contributed by atoms with van der Waals surface area (Å²) in [6.45, 7) is 0. The molecule has 0 bridgehead atoms. The number of halogens is 1. The highest BCUT2D eigenvalue weighted by Gasteiger charge is 2.11. The van der Waals surface area contributed by atoms with Gasteiger partial charge in [0.05, 0.1) is 6.26 Å². The molecular formula is C12H9ClO2. The fourth-order valence-corrected chi connectivity index (χ4v) is 1.54. The van der Waals surface area contributed by atoms with Gasteiger partial charge in [0.2, 0.25) is 5.78 Å². The Labute approximate surface area is 92.5 Å². The molecule has 1 aromatic carbocycles. The van der Waals surface area contributed by atoms with Crippen molar-refractivity contribution in [1.82, 2.24) is 0 Å². The van der Waals surface area contributed by atoms with Gasteiger partial charge in [-0.05, 0) is 23.8 Å². The van der Waals surface area contributed by atoms with E-state index in [2.05, 4.69) is 0 Å². The van der Waals surface area contributed by atoms with Gasteiger partial charge in [-0.25, -0.2) is 0 Å². The van der Waals surface area contributed by atoms with Gasteiger partial charge in [-0.1, -0.05) is 29.8 Å². The predicted molar refractivity (Wildman–Crippen MR) is 58.2 cm³/mol. The zero-order valence-corrected chi connectivity index (χ0v) is 8.70. The summed E-state index contributed by atoms with van der Waals surface area (Å²) in [5.74, 6) is 0.308. The highest BCUT2D eigenvalue weighted by molar-refractivity contribution is 6.31. The van der Waals surface area contributed by atoms with E-state index in [-0.39, 0.29) is 12.2 Å². The number of hydrogen-bond donors (Lipinski definition) is 0. The second-order valence-electron chi connectivity index (χ2n) is 3.17. The average Bonchev–Trinajstić information content (AvgIpc) is 2.74. The zero-order chi connectivity index (χ0) is 10.7. The Balaban J connectivity index is 2.17. The number of hydrogen-bond acceptors (Lipinski definition) is 2. The summed E-state index contributed by atoms with van der Waals surface area (Å²) in [5.41, 5.74) is 0.820. The van der Waals surface area contributed by atoms with Gasteiger partial charge in [0.1, 0.15) is 0 Å². The maximum atomic E-state index is 11.7. The standard InChI is InChI=1S/C12H9ClO2/c13-10-5-2-1-4-9(10)8-11(14)12-6-3-7-15-12/h1-7H,8H2. The Bertz CT molecular complexity index is 460. The summed E-state index contributed by atoms with van der Waals surface area (Å²) in [5, 5.41) is 0.609. The Kier molecular flexibility index (Phi) is 2.88. The lowest BCUT2D eigenvalue weighted by Gasteiger charge is -2.00. The Morgan fingerprint density at radius 3 is 2.67 bits per heavy atom. The quantitative estimate of drug-likeness (QED) is 0.743. The number of carbonyl (C=O) groups excluding carboxylic acids is 1. The van der Waals surface area contributed by atoms with Gasteiger partial charge in [-0.3, -0.25) is 4.79 Å². The van der Waals surface area contributed by atoms with Crippen molar-refractivity contribution in [2.75, 3.05) is 0 Å². The van der Waals surface area contributed by atoms with Crippen molar-refractivity contribution in [3.05, 3.63) is 59.0 Å². The van der Waals surface area contributed by atoms with Crippen LogP contribution >= 0.6 is 11.6 Å². The van der Waals surface area contributed by atoms with E-state index in [1.54, 1.807) is 18.2 Å². The smallest absolute Gasteiger partial charge is 0.202 e. The van der Waals surface area contributed by atoms with Crippen LogP contribution in [-0.2, 0) is 6.42 Å². The maximum absolute atomic E-state index is 11.7. The van der Waals surface area contributed by atoms with Gasteiger partial charge < -0.3 is 4.42 Å². The van der Waals surface area contributed by atoms with E-state index >= 15 is 0 Å². The molecule has 1 heterocycles. The van der Waals surface area contributed by atoms with Gasteiger partial charge in [0, 0.05) is 11.4 Å². The van der Waals surface area contributed by atoms with Crippen molar-refractivity contribution in [2.45, 2.75) is 6.42 Å². The number of furan rings is 1. The fourth-order valence-electron chi connectivity index (χ4n) is 1.34. The first-order valence-corrected chi connectivity index (χ1v) is 4.95. The van der Waals surface area contributed by atoms with E-state index in [1.165, 1.54) is 6.26 Å². The van der Waals surface area contributed by atoms with E-state index in [4.69, 9.17) is 16.0 Å². The molecule has 0 spiro atoms. The molecule has 0 fully saturated rings. The van der Waals surface area contributed by atoms with Crippen LogP contribution in [0, 0.1) is 0 Å². The van der Waals surface area contributed by atoms with E-state index < -0.39 is 0 Å². The third-order valence-electron chi connectivity index (χ3n) is 2.10. The molecule has 0 amide bonds. The highest BCUT2D eigenvalue weighted by Crippen LogP contribution is 2.17. The average molecular weight is 221 g/mol. The van der Waals surface area contributed by atoms with Crippen molar-refractivity contribution in [2.24, 2.45) is 0 Å². The summed E-state index contributed by atoms with van der Waals surface area (Å²) < 4.78 is 5.01.